The van der Waals surface area contributed by atoms with Gasteiger partial charge >= 0.3 is 0 Å². The predicted molar refractivity (Wildman–Crippen MR) is 98.9 cm³/mol. The summed E-state index contributed by atoms with van der Waals surface area (Å²) >= 11 is 11.9. The quantitative estimate of drug-likeness (QED) is 0.844. The summed E-state index contributed by atoms with van der Waals surface area (Å²) in [6.45, 7) is 1.49. The van der Waals surface area contributed by atoms with Crippen molar-refractivity contribution in [1.29, 1.82) is 0 Å². The van der Waals surface area contributed by atoms with Gasteiger partial charge in [0.1, 0.15) is 0 Å². The summed E-state index contributed by atoms with van der Waals surface area (Å²) in [6, 6.07) is 10.6. The average Bonchev–Trinajstić information content (AvgIpc) is 3.13. The molecule has 3 rings (SSSR count). The molecule has 0 atom stereocenters. The minimum absolute atomic E-state index is 0.0431. The third-order valence-electron chi connectivity index (χ3n) is 4.00. The molecule has 1 N–H and O–H groups in total. The molecular formula is C17H16Cl2N2O3S. The van der Waals surface area contributed by atoms with Crippen molar-refractivity contribution >= 4 is 44.8 Å². The molecule has 1 amide bonds. The van der Waals surface area contributed by atoms with Crippen LogP contribution in [0, 0.1) is 0 Å². The Bertz CT molecular complexity index is 893. The Balaban J connectivity index is 1.80. The number of carbonyl (C=O) groups is 1. The van der Waals surface area contributed by atoms with Crippen LogP contribution in [0.1, 0.15) is 23.2 Å². The number of amides is 1. The highest BCUT2D eigenvalue weighted by atomic mass is 35.5. The lowest BCUT2D eigenvalue weighted by atomic mass is 10.2. The molecule has 1 aliphatic heterocycles. The average molecular weight is 399 g/mol. The number of likely N-dealkylation sites (tertiary alicyclic amines) is 1. The highest BCUT2D eigenvalue weighted by molar-refractivity contribution is 7.92. The largest absolute Gasteiger partial charge is 0.339 e. The van der Waals surface area contributed by atoms with E-state index < -0.39 is 10.0 Å². The van der Waals surface area contributed by atoms with Gasteiger partial charge in [0.15, 0.2) is 0 Å². The Morgan fingerprint density at radius 3 is 2.28 bits per heavy atom. The molecule has 0 unspecified atom stereocenters. The summed E-state index contributed by atoms with van der Waals surface area (Å²) in [5.74, 6) is -0.0766. The fourth-order valence-electron chi connectivity index (χ4n) is 2.67. The predicted octanol–water partition coefficient (Wildman–Crippen LogP) is 4.03. The van der Waals surface area contributed by atoms with Crippen LogP contribution in [0.15, 0.2) is 47.4 Å². The first-order valence-corrected chi connectivity index (χ1v) is 9.98. The van der Waals surface area contributed by atoms with Crippen LogP contribution in [0.4, 0.5) is 5.69 Å². The molecule has 2 aromatic carbocycles. The SMILES string of the molecule is O=C(c1ccc(S(=O)(=O)Nc2cccc(Cl)c2Cl)cc1)N1CCCC1. The lowest BCUT2D eigenvalue weighted by Crippen LogP contribution is -2.27. The molecule has 1 heterocycles. The van der Waals surface area contributed by atoms with E-state index in [4.69, 9.17) is 23.2 Å². The number of nitrogens with one attached hydrogen (secondary N) is 1. The van der Waals surface area contributed by atoms with Crippen LogP contribution >= 0.6 is 23.2 Å². The number of carbonyl (C=O) groups excluding carboxylic acids is 1. The summed E-state index contributed by atoms with van der Waals surface area (Å²) in [6.07, 6.45) is 2.00. The summed E-state index contributed by atoms with van der Waals surface area (Å²) in [4.78, 5) is 14.1. The molecule has 25 heavy (non-hydrogen) atoms. The lowest BCUT2D eigenvalue weighted by Gasteiger charge is -2.15. The van der Waals surface area contributed by atoms with Gasteiger partial charge < -0.3 is 4.90 Å². The van der Waals surface area contributed by atoms with Crippen LogP contribution < -0.4 is 4.72 Å². The summed E-state index contributed by atoms with van der Waals surface area (Å²) in [5, 5.41) is 0.391. The molecular weight excluding hydrogens is 383 g/mol. The zero-order chi connectivity index (χ0) is 18.0. The van der Waals surface area contributed by atoms with E-state index >= 15 is 0 Å². The van der Waals surface area contributed by atoms with Crippen LogP contribution in [0.5, 0.6) is 0 Å². The molecule has 1 saturated heterocycles. The smallest absolute Gasteiger partial charge is 0.261 e. The van der Waals surface area contributed by atoms with E-state index in [-0.39, 0.29) is 26.5 Å². The van der Waals surface area contributed by atoms with Gasteiger partial charge in [-0.15, -0.1) is 0 Å². The maximum Gasteiger partial charge on any atom is 0.261 e. The zero-order valence-electron chi connectivity index (χ0n) is 13.2. The van der Waals surface area contributed by atoms with E-state index in [0.717, 1.165) is 25.9 Å². The number of nitrogens with zero attached hydrogens (tertiary/aromatic N) is 1. The Labute approximate surface area is 156 Å². The van der Waals surface area contributed by atoms with Gasteiger partial charge in [0.25, 0.3) is 15.9 Å². The van der Waals surface area contributed by atoms with Crippen molar-refractivity contribution in [1.82, 2.24) is 4.90 Å². The van der Waals surface area contributed by atoms with E-state index in [1.165, 1.54) is 30.3 Å². The molecule has 0 spiro atoms. The molecule has 1 aliphatic rings. The van der Waals surface area contributed by atoms with Crippen LogP contribution in [0.25, 0.3) is 0 Å². The van der Waals surface area contributed by atoms with Gasteiger partial charge in [0.2, 0.25) is 0 Å². The van der Waals surface area contributed by atoms with Gasteiger partial charge in [0, 0.05) is 18.7 Å². The number of benzene rings is 2. The van der Waals surface area contributed by atoms with Crippen LogP contribution in [-0.2, 0) is 10.0 Å². The summed E-state index contributed by atoms with van der Waals surface area (Å²) in [7, 11) is -3.83. The Hall–Kier alpha value is -1.76. The lowest BCUT2D eigenvalue weighted by molar-refractivity contribution is 0.0792. The normalized spacial score (nSPS) is 14.6. The molecule has 0 aromatic heterocycles. The van der Waals surface area contributed by atoms with Gasteiger partial charge in [-0.05, 0) is 49.2 Å². The molecule has 8 heteroatoms. The van der Waals surface area contributed by atoms with E-state index in [1.54, 1.807) is 17.0 Å². The van der Waals surface area contributed by atoms with Gasteiger partial charge in [0.05, 0.1) is 20.6 Å². The molecule has 0 radical (unpaired) electrons. The third kappa shape index (κ3) is 3.92. The Morgan fingerprint density at radius 2 is 1.64 bits per heavy atom. The van der Waals surface area contributed by atoms with Crippen molar-refractivity contribution in [2.45, 2.75) is 17.7 Å². The molecule has 1 fully saturated rings. The second kappa shape index (κ2) is 7.23. The van der Waals surface area contributed by atoms with Gasteiger partial charge in [-0.2, -0.15) is 0 Å². The number of hydrogen-bond donors (Lipinski definition) is 1. The molecule has 2 aromatic rings. The van der Waals surface area contributed by atoms with Gasteiger partial charge in [-0.3, -0.25) is 9.52 Å². The molecule has 5 nitrogen and oxygen atoms in total. The van der Waals surface area contributed by atoms with E-state index in [9.17, 15) is 13.2 Å². The molecule has 132 valence electrons. The van der Waals surface area contributed by atoms with Crippen molar-refractivity contribution in [2.75, 3.05) is 17.8 Å². The van der Waals surface area contributed by atoms with Crippen molar-refractivity contribution in [2.24, 2.45) is 0 Å². The summed E-state index contributed by atoms with van der Waals surface area (Å²) < 4.78 is 27.4. The zero-order valence-corrected chi connectivity index (χ0v) is 15.5. The van der Waals surface area contributed by atoms with Crippen LogP contribution in [0.3, 0.4) is 0 Å². The standard InChI is InChI=1S/C17H16Cl2N2O3S/c18-14-4-3-5-15(16(14)19)20-25(23,24)13-8-6-12(7-9-13)17(22)21-10-1-2-11-21/h3-9,20H,1-2,10-11H2. The van der Waals surface area contributed by atoms with Gasteiger partial charge in [-0.1, -0.05) is 29.3 Å². The first-order chi connectivity index (χ1) is 11.9. The molecule has 0 bridgehead atoms. The number of hydrogen-bond acceptors (Lipinski definition) is 3. The Kier molecular flexibility index (Phi) is 5.22. The maximum absolute atomic E-state index is 12.5. The minimum Gasteiger partial charge on any atom is -0.339 e. The number of halogens is 2. The molecule has 0 saturated carbocycles. The molecule has 0 aliphatic carbocycles. The van der Waals surface area contributed by atoms with Crippen molar-refractivity contribution < 1.29 is 13.2 Å². The summed E-state index contributed by atoms with van der Waals surface area (Å²) in [5.41, 5.74) is 0.674. The first-order valence-electron chi connectivity index (χ1n) is 7.75. The van der Waals surface area contributed by atoms with Crippen LogP contribution in [-0.4, -0.2) is 32.3 Å². The van der Waals surface area contributed by atoms with Crippen molar-refractivity contribution in [3.8, 4) is 0 Å². The minimum atomic E-state index is -3.83. The Morgan fingerprint density at radius 1 is 1.00 bits per heavy atom. The maximum atomic E-state index is 12.5. The van der Waals surface area contributed by atoms with E-state index in [1.807, 2.05) is 0 Å². The second-order valence-corrected chi connectivity index (χ2v) is 8.20. The van der Waals surface area contributed by atoms with Crippen molar-refractivity contribution in [3.05, 3.63) is 58.1 Å². The van der Waals surface area contributed by atoms with E-state index in [0.29, 0.717) is 5.56 Å². The number of sulfonamides is 1. The van der Waals surface area contributed by atoms with Crippen LogP contribution in [0.2, 0.25) is 10.0 Å². The second-order valence-electron chi connectivity index (χ2n) is 5.73. The van der Waals surface area contributed by atoms with E-state index in [2.05, 4.69) is 4.72 Å². The highest BCUT2D eigenvalue weighted by Gasteiger charge is 2.21. The van der Waals surface area contributed by atoms with Gasteiger partial charge in [-0.25, -0.2) is 8.42 Å². The highest BCUT2D eigenvalue weighted by Crippen LogP contribution is 2.31. The fourth-order valence-corrected chi connectivity index (χ4v) is 4.14. The van der Waals surface area contributed by atoms with Crippen molar-refractivity contribution in [3.63, 3.8) is 0 Å². The third-order valence-corrected chi connectivity index (χ3v) is 6.20. The fraction of sp³-hybridized carbons (Fsp3) is 0.235. The monoisotopic (exact) mass is 398 g/mol. The first kappa shape index (κ1) is 18.0. The number of anilines is 1. The number of rotatable bonds is 4. The topological polar surface area (TPSA) is 66.5 Å².